The molecule has 0 saturated heterocycles. The van der Waals surface area contributed by atoms with E-state index in [1.54, 1.807) is 0 Å². The third-order valence-electron chi connectivity index (χ3n) is 2.90. The maximum absolute atomic E-state index is 5.59. The molecule has 1 heterocycles. The average Bonchev–Trinajstić information content (AvgIpc) is 2.94. The molecule has 0 aromatic carbocycles. The Kier molecular flexibility index (Phi) is 6.47. The summed E-state index contributed by atoms with van der Waals surface area (Å²) in [4.78, 5) is 3.23. The minimum Gasteiger partial charge on any atom is -0.365 e. The van der Waals surface area contributed by atoms with E-state index in [0.717, 1.165) is 17.7 Å². The first-order valence-corrected chi connectivity index (χ1v) is 6.50. The molecule has 0 unspecified atom stereocenters. The number of nitrogens with two attached hydrogens (primary N) is 1. The molecule has 0 radical (unpaired) electrons. The normalized spacial score (nSPS) is 14.2. The Bertz CT molecular complexity index is 488. The minimum atomic E-state index is 0.843. The number of H-pyrrole nitrogens is 1. The summed E-state index contributed by atoms with van der Waals surface area (Å²) in [5, 5.41) is 0. The average molecular weight is 257 g/mol. The predicted molar refractivity (Wildman–Crippen MR) is 82.2 cm³/mol. The van der Waals surface area contributed by atoms with Gasteiger partial charge < -0.3 is 10.4 Å². The summed E-state index contributed by atoms with van der Waals surface area (Å²) in [6.07, 6.45) is 13.0. The summed E-state index contributed by atoms with van der Waals surface area (Å²) in [5.41, 5.74) is 7.21. The van der Waals surface area contributed by atoms with Gasteiger partial charge in [-0.15, -0.1) is 0 Å². The molecule has 0 saturated carbocycles. The van der Waals surface area contributed by atoms with Crippen molar-refractivity contribution in [2.24, 2.45) is 5.84 Å². The van der Waals surface area contributed by atoms with Gasteiger partial charge in [0, 0.05) is 18.3 Å². The van der Waals surface area contributed by atoms with Crippen molar-refractivity contribution >= 4 is 0 Å². The lowest BCUT2D eigenvalue weighted by Gasteiger charge is -2.14. The minimum absolute atomic E-state index is 0.843. The Morgan fingerprint density at radius 2 is 2.11 bits per heavy atom. The summed E-state index contributed by atoms with van der Waals surface area (Å²) < 4.78 is 0. The smallest absolute Gasteiger partial charge is 0.0514 e. The largest absolute Gasteiger partial charge is 0.365 e. The van der Waals surface area contributed by atoms with E-state index < -0.39 is 0 Å². The first-order valence-electron chi connectivity index (χ1n) is 6.50. The third kappa shape index (κ3) is 4.30. The maximum atomic E-state index is 5.59. The molecule has 1 aromatic rings. The number of hydrogen-bond acceptors (Lipinski definition) is 2. The molecule has 3 nitrogen and oxygen atoms in total. The van der Waals surface area contributed by atoms with Gasteiger partial charge in [-0.2, -0.15) is 0 Å². The number of hydrogen-bond donors (Lipinski definition) is 3. The Labute approximate surface area is 115 Å². The highest BCUT2D eigenvalue weighted by atomic mass is 15.2. The summed E-state index contributed by atoms with van der Waals surface area (Å²) in [6, 6.07) is 4.09. The molecule has 1 aromatic heterocycles. The van der Waals surface area contributed by atoms with Crippen molar-refractivity contribution < 1.29 is 0 Å². The molecular weight excluding hydrogens is 234 g/mol. The van der Waals surface area contributed by atoms with E-state index in [0.29, 0.717) is 0 Å². The summed E-state index contributed by atoms with van der Waals surface area (Å²) in [5.74, 6) is 5.59. The van der Waals surface area contributed by atoms with Crippen LogP contribution in [0.25, 0.3) is 0 Å². The third-order valence-corrected chi connectivity index (χ3v) is 2.90. The van der Waals surface area contributed by atoms with Gasteiger partial charge in [0.1, 0.15) is 0 Å². The summed E-state index contributed by atoms with van der Waals surface area (Å²) >= 11 is 0. The van der Waals surface area contributed by atoms with Crippen LogP contribution in [0.1, 0.15) is 26.5 Å². The molecule has 4 N–H and O–H groups in total. The quantitative estimate of drug-likeness (QED) is 0.416. The molecule has 0 aliphatic carbocycles. The van der Waals surface area contributed by atoms with Gasteiger partial charge in [0.25, 0.3) is 0 Å². The monoisotopic (exact) mass is 257 g/mol. The van der Waals surface area contributed by atoms with E-state index in [9.17, 15) is 0 Å². The van der Waals surface area contributed by atoms with Crippen molar-refractivity contribution in [1.29, 1.82) is 0 Å². The molecule has 102 valence electrons. The Balaban J connectivity index is 3.09. The van der Waals surface area contributed by atoms with Crippen LogP contribution in [-0.4, -0.2) is 4.98 Å². The van der Waals surface area contributed by atoms with Crippen molar-refractivity contribution in [3.8, 4) is 0 Å². The zero-order valence-electron chi connectivity index (χ0n) is 11.9. The van der Waals surface area contributed by atoms with Crippen molar-refractivity contribution in [2.75, 3.05) is 0 Å². The van der Waals surface area contributed by atoms with Gasteiger partial charge in [0.2, 0.25) is 0 Å². The second kappa shape index (κ2) is 8.16. The van der Waals surface area contributed by atoms with Crippen molar-refractivity contribution in [3.05, 3.63) is 71.2 Å². The van der Waals surface area contributed by atoms with Gasteiger partial charge in [-0.1, -0.05) is 30.4 Å². The molecule has 0 spiro atoms. The van der Waals surface area contributed by atoms with Crippen LogP contribution in [0.4, 0.5) is 0 Å². The fourth-order valence-corrected chi connectivity index (χ4v) is 1.97. The number of rotatable bonds is 6. The fourth-order valence-electron chi connectivity index (χ4n) is 1.97. The van der Waals surface area contributed by atoms with Crippen LogP contribution in [0.2, 0.25) is 0 Å². The molecule has 0 fully saturated rings. The fraction of sp³-hybridized carbons (Fsp3) is 0.250. The SMILES string of the molecule is C\C=C/C=C(Cc1ccc[nH]1)\C(=C/C)C(=C\C)\NN. The lowest BCUT2D eigenvalue weighted by atomic mass is 9.97. The highest BCUT2D eigenvalue weighted by molar-refractivity contribution is 5.48. The number of nitrogens with one attached hydrogen (secondary N) is 2. The van der Waals surface area contributed by atoms with Crippen molar-refractivity contribution in [2.45, 2.75) is 27.2 Å². The van der Waals surface area contributed by atoms with Gasteiger partial charge in [-0.25, -0.2) is 0 Å². The predicted octanol–water partition coefficient (Wildman–Crippen LogP) is 3.37. The van der Waals surface area contributed by atoms with Crippen LogP contribution in [0, 0.1) is 0 Å². The van der Waals surface area contributed by atoms with Gasteiger partial charge in [-0.05, 0) is 44.1 Å². The van der Waals surface area contributed by atoms with E-state index in [1.165, 1.54) is 11.3 Å². The standard InChI is InChI=1S/C16H23N3/c1-4-7-9-13(12-14-10-8-11-18-14)15(5-2)16(6-3)19-17/h4-11,18-19H,12,17H2,1-3H3/b7-4-,13-9-,15-5+,16-6-. The van der Waals surface area contributed by atoms with E-state index >= 15 is 0 Å². The van der Waals surface area contributed by atoms with Crippen LogP contribution < -0.4 is 11.3 Å². The van der Waals surface area contributed by atoms with E-state index in [4.69, 9.17) is 5.84 Å². The van der Waals surface area contributed by atoms with Crippen molar-refractivity contribution in [1.82, 2.24) is 10.4 Å². The molecule has 0 amide bonds. The number of aromatic nitrogens is 1. The first-order chi connectivity index (χ1) is 9.26. The highest BCUT2D eigenvalue weighted by Crippen LogP contribution is 2.21. The van der Waals surface area contributed by atoms with Crippen LogP contribution in [-0.2, 0) is 6.42 Å². The summed E-state index contributed by atoms with van der Waals surface area (Å²) in [6.45, 7) is 6.00. The van der Waals surface area contributed by atoms with Gasteiger partial charge in [0.05, 0.1) is 5.70 Å². The zero-order valence-corrected chi connectivity index (χ0v) is 11.9. The molecule has 1 rings (SSSR count). The van der Waals surface area contributed by atoms with Gasteiger partial charge >= 0.3 is 0 Å². The van der Waals surface area contributed by atoms with Gasteiger partial charge in [0.15, 0.2) is 0 Å². The van der Waals surface area contributed by atoms with E-state index in [-0.39, 0.29) is 0 Å². The Morgan fingerprint density at radius 1 is 1.32 bits per heavy atom. The van der Waals surface area contributed by atoms with Gasteiger partial charge in [-0.3, -0.25) is 5.84 Å². The van der Waals surface area contributed by atoms with Crippen LogP contribution >= 0.6 is 0 Å². The molecule has 19 heavy (non-hydrogen) atoms. The maximum Gasteiger partial charge on any atom is 0.0514 e. The lowest BCUT2D eigenvalue weighted by molar-refractivity contribution is 0.886. The molecule has 0 aliphatic rings. The molecule has 0 aliphatic heterocycles. The second-order valence-corrected chi connectivity index (χ2v) is 4.14. The number of hydrazine groups is 1. The second-order valence-electron chi connectivity index (χ2n) is 4.14. The highest BCUT2D eigenvalue weighted by Gasteiger charge is 2.09. The lowest BCUT2D eigenvalue weighted by Crippen LogP contribution is -2.23. The van der Waals surface area contributed by atoms with Crippen LogP contribution in [0.5, 0.6) is 0 Å². The molecule has 3 heteroatoms. The zero-order chi connectivity index (χ0) is 14.1. The topological polar surface area (TPSA) is 53.8 Å². The molecular formula is C16H23N3. The van der Waals surface area contributed by atoms with Crippen molar-refractivity contribution in [3.63, 3.8) is 0 Å². The number of allylic oxidation sites excluding steroid dienone is 6. The van der Waals surface area contributed by atoms with E-state index in [2.05, 4.69) is 28.6 Å². The Hall–Kier alpha value is -2.00. The van der Waals surface area contributed by atoms with Crippen LogP contribution in [0.15, 0.2) is 65.6 Å². The molecule has 0 atom stereocenters. The number of aromatic amines is 1. The first kappa shape index (κ1) is 15.1. The Morgan fingerprint density at radius 3 is 2.58 bits per heavy atom. The van der Waals surface area contributed by atoms with Crippen LogP contribution in [0.3, 0.4) is 0 Å². The molecule has 0 bridgehead atoms. The summed E-state index contributed by atoms with van der Waals surface area (Å²) in [7, 11) is 0. The van der Waals surface area contributed by atoms with E-state index in [1.807, 2.05) is 51.3 Å².